The maximum absolute atomic E-state index is 12.1. The fourth-order valence-corrected chi connectivity index (χ4v) is 3.85. The molecule has 0 aromatic heterocycles. The van der Waals surface area contributed by atoms with Crippen LogP contribution >= 0.6 is 0 Å². The molecule has 0 aromatic rings. The molecule has 2 unspecified atom stereocenters. The summed E-state index contributed by atoms with van der Waals surface area (Å²) in [6, 6.07) is 0.129. The molecule has 23 heavy (non-hydrogen) atoms. The second-order valence-corrected chi connectivity index (χ2v) is 7.17. The summed E-state index contributed by atoms with van der Waals surface area (Å²) >= 11 is 0. The molecule has 1 saturated heterocycles. The largest absolute Gasteiger partial charge is 0.395 e. The van der Waals surface area contributed by atoms with Crippen molar-refractivity contribution in [2.75, 3.05) is 32.8 Å². The van der Waals surface area contributed by atoms with Gasteiger partial charge in [0.15, 0.2) is 0 Å². The molecule has 1 amide bonds. The van der Waals surface area contributed by atoms with Crippen molar-refractivity contribution in [1.82, 2.24) is 10.2 Å². The first-order valence-corrected chi connectivity index (χ1v) is 9.44. The fraction of sp³-hybridized carbons (Fsp3) is 0.944. The smallest absolute Gasteiger partial charge is 0.234 e. The molecule has 1 heterocycles. The van der Waals surface area contributed by atoms with Gasteiger partial charge in [0.25, 0.3) is 0 Å². The normalized spacial score (nSPS) is 27.0. The standard InChI is InChI=1S/C18H34N2O3/c1-15-7-5-11-20(17(15)14-21)13-18(22)19-10-6-12-23-16-8-3-2-4-9-16/h15-17,21H,2-14H2,1H3,(H,19,22). The first kappa shape index (κ1) is 18.7. The van der Waals surface area contributed by atoms with Gasteiger partial charge < -0.3 is 15.2 Å². The van der Waals surface area contributed by atoms with Gasteiger partial charge in [-0.3, -0.25) is 9.69 Å². The van der Waals surface area contributed by atoms with E-state index in [1.807, 2.05) is 0 Å². The molecule has 0 aromatic carbocycles. The van der Waals surface area contributed by atoms with Crippen molar-refractivity contribution < 1.29 is 14.6 Å². The van der Waals surface area contributed by atoms with Gasteiger partial charge in [0.1, 0.15) is 0 Å². The van der Waals surface area contributed by atoms with Gasteiger partial charge in [0.2, 0.25) is 5.91 Å². The van der Waals surface area contributed by atoms with Gasteiger partial charge in [-0.1, -0.05) is 26.2 Å². The third-order valence-electron chi connectivity index (χ3n) is 5.31. The Morgan fingerprint density at radius 1 is 1.22 bits per heavy atom. The highest BCUT2D eigenvalue weighted by Crippen LogP contribution is 2.22. The highest BCUT2D eigenvalue weighted by molar-refractivity contribution is 5.78. The summed E-state index contributed by atoms with van der Waals surface area (Å²) in [4.78, 5) is 14.2. The van der Waals surface area contributed by atoms with Crippen molar-refractivity contribution in [2.24, 2.45) is 5.92 Å². The van der Waals surface area contributed by atoms with Crippen LogP contribution in [0.25, 0.3) is 0 Å². The molecular weight excluding hydrogens is 292 g/mol. The van der Waals surface area contributed by atoms with Crippen LogP contribution in [0, 0.1) is 5.92 Å². The van der Waals surface area contributed by atoms with Gasteiger partial charge >= 0.3 is 0 Å². The van der Waals surface area contributed by atoms with Gasteiger partial charge in [-0.15, -0.1) is 0 Å². The highest BCUT2D eigenvalue weighted by Gasteiger charge is 2.28. The zero-order valence-corrected chi connectivity index (χ0v) is 14.6. The number of hydrogen-bond acceptors (Lipinski definition) is 4. The van der Waals surface area contributed by atoms with Crippen LogP contribution in [0.3, 0.4) is 0 Å². The number of nitrogens with one attached hydrogen (secondary N) is 1. The van der Waals surface area contributed by atoms with Crippen molar-refractivity contribution in [2.45, 2.75) is 70.4 Å². The molecule has 1 aliphatic carbocycles. The van der Waals surface area contributed by atoms with Gasteiger partial charge in [0, 0.05) is 19.2 Å². The van der Waals surface area contributed by atoms with Crippen LogP contribution in [0.1, 0.15) is 58.3 Å². The van der Waals surface area contributed by atoms with Gasteiger partial charge in [-0.2, -0.15) is 0 Å². The van der Waals surface area contributed by atoms with E-state index in [1.165, 1.54) is 32.1 Å². The molecule has 2 fully saturated rings. The summed E-state index contributed by atoms with van der Waals surface area (Å²) in [7, 11) is 0. The Morgan fingerprint density at radius 2 is 2.00 bits per heavy atom. The molecule has 0 spiro atoms. The number of piperidine rings is 1. The molecule has 1 aliphatic heterocycles. The lowest BCUT2D eigenvalue weighted by atomic mass is 9.91. The maximum Gasteiger partial charge on any atom is 0.234 e. The van der Waals surface area contributed by atoms with Gasteiger partial charge in [0.05, 0.1) is 19.3 Å². The Hall–Kier alpha value is -0.650. The summed E-state index contributed by atoms with van der Waals surface area (Å²) in [5, 5.41) is 12.5. The van der Waals surface area contributed by atoms with Gasteiger partial charge in [-0.05, 0) is 44.6 Å². The Morgan fingerprint density at radius 3 is 2.74 bits per heavy atom. The summed E-state index contributed by atoms with van der Waals surface area (Å²) in [5.74, 6) is 0.528. The number of rotatable bonds is 8. The third-order valence-corrected chi connectivity index (χ3v) is 5.31. The van der Waals surface area contributed by atoms with Crippen molar-refractivity contribution in [3.63, 3.8) is 0 Å². The number of ether oxygens (including phenoxy) is 1. The number of aliphatic hydroxyl groups excluding tert-OH is 1. The second-order valence-electron chi connectivity index (χ2n) is 7.17. The highest BCUT2D eigenvalue weighted by atomic mass is 16.5. The minimum atomic E-state index is 0.0650. The van der Waals surface area contributed by atoms with Crippen LogP contribution in [0.2, 0.25) is 0 Å². The number of aliphatic hydroxyl groups is 1. The van der Waals surface area contributed by atoms with Crippen LogP contribution in [-0.2, 0) is 9.53 Å². The predicted octanol–water partition coefficient (Wildman–Crippen LogP) is 1.93. The average Bonchev–Trinajstić information content (AvgIpc) is 2.56. The van der Waals surface area contributed by atoms with Gasteiger partial charge in [-0.25, -0.2) is 0 Å². The summed E-state index contributed by atoms with van der Waals surface area (Å²) < 4.78 is 5.87. The van der Waals surface area contributed by atoms with E-state index in [0.717, 1.165) is 32.4 Å². The fourth-order valence-electron chi connectivity index (χ4n) is 3.85. The Balaban J connectivity index is 1.55. The number of amides is 1. The Labute approximate surface area is 140 Å². The van der Waals surface area contributed by atoms with Crippen molar-refractivity contribution >= 4 is 5.91 Å². The van der Waals surface area contributed by atoms with E-state index in [1.54, 1.807) is 0 Å². The molecule has 0 radical (unpaired) electrons. The zero-order chi connectivity index (χ0) is 16.5. The summed E-state index contributed by atoms with van der Waals surface area (Å²) in [6.07, 6.45) is 9.90. The quantitative estimate of drug-likeness (QED) is 0.669. The van der Waals surface area contributed by atoms with Crippen LogP contribution < -0.4 is 5.32 Å². The van der Waals surface area contributed by atoms with Crippen molar-refractivity contribution in [3.05, 3.63) is 0 Å². The van der Waals surface area contributed by atoms with Crippen LogP contribution in [0.5, 0.6) is 0 Å². The van der Waals surface area contributed by atoms with Crippen LogP contribution in [0.15, 0.2) is 0 Å². The first-order valence-electron chi connectivity index (χ1n) is 9.44. The van der Waals surface area contributed by atoms with Crippen molar-refractivity contribution in [1.29, 1.82) is 0 Å². The molecule has 134 valence electrons. The minimum absolute atomic E-state index is 0.0650. The average molecular weight is 326 g/mol. The second kappa shape index (κ2) is 10.3. The van der Waals surface area contributed by atoms with E-state index in [4.69, 9.17) is 4.74 Å². The third kappa shape index (κ3) is 6.40. The summed E-state index contributed by atoms with van der Waals surface area (Å²) in [6.45, 7) is 5.04. The summed E-state index contributed by atoms with van der Waals surface area (Å²) in [5.41, 5.74) is 0. The van der Waals surface area contributed by atoms with E-state index in [0.29, 0.717) is 25.1 Å². The van der Waals surface area contributed by atoms with E-state index < -0.39 is 0 Å². The van der Waals surface area contributed by atoms with Crippen molar-refractivity contribution in [3.8, 4) is 0 Å². The molecule has 1 saturated carbocycles. The Kier molecular flexibility index (Phi) is 8.34. The molecule has 2 N–H and O–H groups in total. The SMILES string of the molecule is CC1CCCN(CC(=O)NCCCOC2CCCCC2)C1CO. The topological polar surface area (TPSA) is 61.8 Å². The zero-order valence-electron chi connectivity index (χ0n) is 14.6. The molecule has 2 aliphatic rings. The van der Waals surface area contributed by atoms with Crippen LogP contribution in [-0.4, -0.2) is 60.9 Å². The maximum atomic E-state index is 12.1. The number of carbonyl (C=O) groups is 1. The molecule has 0 bridgehead atoms. The van der Waals surface area contributed by atoms with Crippen LogP contribution in [0.4, 0.5) is 0 Å². The number of carbonyl (C=O) groups excluding carboxylic acids is 1. The monoisotopic (exact) mass is 326 g/mol. The molecule has 5 heteroatoms. The number of hydrogen-bond donors (Lipinski definition) is 2. The minimum Gasteiger partial charge on any atom is -0.395 e. The van der Waals surface area contributed by atoms with E-state index in [-0.39, 0.29) is 18.6 Å². The molecule has 2 atom stereocenters. The lowest BCUT2D eigenvalue weighted by Gasteiger charge is -2.38. The molecular formula is C18H34N2O3. The Bertz CT molecular complexity index is 345. The van der Waals surface area contributed by atoms with E-state index >= 15 is 0 Å². The molecule has 2 rings (SSSR count). The predicted molar refractivity (Wildman–Crippen MR) is 91.3 cm³/mol. The number of nitrogens with zero attached hydrogens (tertiary/aromatic N) is 1. The molecule has 5 nitrogen and oxygen atoms in total. The number of likely N-dealkylation sites (tertiary alicyclic amines) is 1. The lowest BCUT2D eigenvalue weighted by molar-refractivity contribution is -0.123. The van der Waals surface area contributed by atoms with E-state index in [2.05, 4.69) is 17.1 Å². The lowest BCUT2D eigenvalue weighted by Crippen LogP contribution is -2.50. The van der Waals surface area contributed by atoms with E-state index in [9.17, 15) is 9.90 Å². The first-order chi connectivity index (χ1) is 11.2.